The second-order valence-electron chi connectivity index (χ2n) is 8.43. The number of halogens is 1. The molecule has 34 heavy (non-hydrogen) atoms. The van der Waals surface area contributed by atoms with E-state index in [0.717, 1.165) is 36.1 Å². The van der Waals surface area contributed by atoms with Crippen LogP contribution in [-0.2, 0) is 18.3 Å². The largest absolute Gasteiger partial charge is 0.439 e. The van der Waals surface area contributed by atoms with Gasteiger partial charge in [0.2, 0.25) is 5.88 Å². The number of nitrogens with zero attached hydrogens (tertiary/aromatic N) is 3. The smallest absolute Gasteiger partial charge is 0.317 e. The van der Waals surface area contributed by atoms with Gasteiger partial charge in [0.15, 0.2) is 0 Å². The van der Waals surface area contributed by atoms with Crippen LogP contribution < -0.4 is 10.1 Å². The maximum Gasteiger partial charge on any atom is 0.317 e. The van der Waals surface area contributed by atoms with Crippen molar-refractivity contribution in [3.63, 3.8) is 0 Å². The number of amides is 2. The number of aryl methyl sites for hydroxylation is 1. The first-order valence-corrected chi connectivity index (χ1v) is 11.7. The summed E-state index contributed by atoms with van der Waals surface area (Å²) in [7, 11) is 1.78. The van der Waals surface area contributed by atoms with Crippen molar-refractivity contribution in [2.75, 3.05) is 19.7 Å². The van der Waals surface area contributed by atoms with Crippen molar-refractivity contribution in [2.45, 2.75) is 38.8 Å². The third-order valence-electron chi connectivity index (χ3n) is 5.76. The first kappa shape index (κ1) is 23.8. The molecule has 0 spiro atoms. The lowest BCUT2D eigenvalue weighted by atomic mass is 10.1. The van der Waals surface area contributed by atoms with E-state index in [4.69, 9.17) is 14.6 Å². The molecule has 8 heteroatoms. The molecule has 1 N–H and O–H groups in total. The third kappa shape index (κ3) is 5.75. The Balaban J connectivity index is 1.71. The molecule has 0 unspecified atom stereocenters. The van der Waals surface area contributed by atoms with Crippen LogP contribution in [0, 0.1) is 5.82 Å². The fourth-order valence-corrected chi connectivity index (χ4v) is 4.08. The van der Waals surface area contributed by atoms with Gasteiger partial charge in [0.05, 0.1) is 18.2 Å². The van der Waals surface area contributed by atoms with Gasteiger partial charge in [-0.1, -0.05) is 43.3 Å². The number of hydrogen-bond donors (Lipinski definition) is 1. The molecule has 0 saturated carbocycles. The first-order valence-electron chi connectivity index (χ1n) is 11.7. The van der Waals surface area contributed by atoms with E-state index in [1.807, 2.05) is 37.3 Å². The molecule has 2 heterocycles. The van der Waals surface area contributed by atoms with Gasteiger partial charge in [-0.15, -0.1) is 0 Å². The molecule has 3 aromatic rings. The fraction of sp³-hybridized carbons (Fsp3) is 0.385. The highest BCUT2D eigenvalue weighted by Crippen LogP contribution is 2.34. The Bertz CT molecular complexity index is 1100. The molecular formula is C26H31FN4O3. The number of nitrogens with one attached hydrogen (secondary N) is 1. The zero-order chi connectivity index (χ0) is 23.9. The number of ether oxygens (including phenoxy) is 2. The molecule has 1 aromatic heterocycles. The summed E-state index contributed by atoms with van der Waals surface area (Å²) in [4.78, 5) is 14.9. The lowest BCUT2D eigenvalue weighted by molar-refractivity contribution is 0.0793. The van der Waals surface area contributed by atoms with E-state index in [9.17, 15) is 9.18 Å². The number of rotatable bonds is 9. The Kier molecular flexibility index (Phi) is 7.80. The molecule has 1 saturated heterocycles. The van der Waals surface area contributed by atoms with Crippen molar-refractivity contribution < 1.29 is 18.7 Å². The summed E-state index contributed by atoms with van der Waals surface area (Å²) in [6.45, 7) is 4.07. The summed E-state index contributed by atoms with van der Waals surface area (Å²) in [5.41, 5.74) is 2.38. The number of carbonyl (C=O) groups excluding carboxylic acids is 1. The minimum Gasteiger partial charge on any atom is -0.439 e. The van der Waals surface area contributed by atoms with E-state index in [2.05, 4.69) is 5.32 Å². The molecule has 0 radical (unpaired) electrons. The molecule has 180 valence electrons. The van der Waals surface area contributed by atoms with Gasteiger partial charge in [-0.2, -0.15) is 5.10 Å². The molecule has 1 aliphatic rings. The fourth-order valence-electron chi connectivity index (χ4n) is 4.08. The summed E-state index contributed by atoms with van der Waals surface area (Å²) >= 11 is 0. The molecule has 1 fully saturated rings. The summed E-state index contributed by atoms with van der Waals surface area (Å²) in [5.74, 6) is 0.443. The van der Waals surface area contributed by atoms with Crippen molar-refractivity contribution in [3.8, 4) is 22.9 Å². The Morgan fingerprint density at radius 1 is 1.26 bits per heavy atom. The number of benzene rings is 2. The van der Waals surface area contributed by atoms with E-state index >= 15 is 0 Å². The van der Waals surface area contributed by atoms with Crippen molar-refractivity contribution in [3.05, 3.63) is 66.0 Å². The normalized spacial score (nSPS) is 15.3. The summed E-state index contributed by atoms with van der Waals surface area (Å²) < 4.78 is 27.4. The van der Waals surface area contributed by atoms with Gasteiger partial charge in [-0.3, -0.25) is 0 Å². The average molecular weight is 467 g/mol. The molecule has 7 nitrogen and oxygen atoms in total. The van der Waals surface area contributed by atoms with Crippen LogP contribution in [0.25, 0.3) is 11.3 Å². The van der Waals surface area contributed by atoms with Crippen molar-refractivity contribution in [1.82, 2.24) is 20.0 Å². The molecule has 0 bridgehead atoms. The van der Waals surface area contributed by atoms with Gasteiger partial charge in [-0.25, -0.2) is 13.9 Å². The summed E-state index contributed by atoms with van der Waals surface area (Å²) in [6.07, 6.45) is 2.75. The molecule has 4 rings (SSSR count). The molecule has 2 aromatic carbocycles. The molecule has 1 aliphatic heterocycles. The maximum absolute atomic E-state index is 13.8. The van der Waals surface area contributed by atoms with E-state index in [1.165, 1.54) is 12.1 Å². The van der Waals surface area contributed by atoms with Gasteiger partial charge in [0.1, 0.15) is 17.3 Å². The van der Waals surface area contributed by atoms with Crippen LogP contribution in [0.5, 0.6) is 11.6 Å². The Morgan fingerprint density at radius 2 is 2.09 bits per heavy atom. The highest BCUT2D eigenvalue weighted by atomic mass is 19.1. The van der Waals surface area contributed by atoms with Crippen molar-refractivity contribution in [2.24, 2.45) is 7.05 Å². The number of carbonyl (C=O) groups is 1. The number of hydrogen-bond acceptors (Lipinski definition) is 4. The topological polar surface area (TPSA) is 68.6 Å². The van der Waals surface area contributed by atoms with Crippen molar-refractivity contribution >= 4 is 6.03 Å². The lowest BCUT2D eigenvalue weighted by Gasteiger charge is -2.26. The minimum absolute atomic E-state index is 0.00295. The SMILES string of the molecule is CCCNC(=O)N(Cc1c(-c2ccccc2)nn(C)c1Oc1cccc(F)c1)C[C@H]1CCCO1. The van der Waals surface area contributed by atoms with E-state index in [-0.39, 0.29) is 24.5 Å². The minimum atomic E-state index is -0.386. The highest BCUT2D eigenvalue weighted by Gasteiger charge is 2.27. The Morgan fingerprint density at radius 3 is 2.79 bits per heavy atom. The predicted octanol–water partition coefficient (Wildman–Crippen LogP) is 5.12. The number of urea groups is 1. The van der Waals surface area contributed by atoms with Crippen molar-refractivity contribution in [1.29, 1.82) is 0 Å². The lowest BCUT2D eigenvalue weighted by Crippen LogP contribution is -2.43. The van der Waals surface area contributed by atoms with Crippen LogP contribution in [0.15, 0.2) is 54.6 Å². The van der Waals surface area contributed by atoms with Gasteiger partial charge >= 0.3 is 6.03 Å². The zero-order valence-electron chi connectivity index (χ0n) is 19.7. The molecule has 1 atom stereocenters. The quantitative estimate of drug-likeness (QED) is 0.475. The standard InChI is InChI=1S/C26H31FN4O3/c1-3-14-28-26(32)31(17-22-13-8-15-33-22)18-23-24(19-9-5-4-6-10-19)29-30(2)25(23)34-21-12-7-11-20(27)16-21/h4-7,9-12,16,22H,3,8,13-15,17-18H2,1-2H3,(H,28,32)/t22-/m1/s1. The van der Waals surface area contributed by atoms with E-state index in [0.29, 0.717) is 31.3 Å². The van der Waals surface area contributed by atoms with Crippen LogP contribution in [0.2, 0.25) is 0 Å². The zero-order valence-corrected chi connectivity index (χ0v) is 19.7. The van der Waals surface area contributed by atoms with Crippen LogP contribution >= 0.6 is 0 Å². The van der Waals surface area contributed by atoms with Crippen LogP contribution in [0.4, 0.5) is 9.18 Å². The number of aromatic nitrogens is 2. The van der Waals surface area contributed by atoms with Gasteiger partial charge < -0.3 is 19.7 Å². The van der Waals surface area contributed by atoms with Crippen LogP contribution in [0.3, 0.4) is 0 Å². The Labute approximate surface area is 199 Å². The second kappa shape index (κ2) is 11.2. The van der Waals surface area contributed by atoms with E-state index < -0.39 is 0 Å². The molecule has 2 amide bonds. The van der Waals surface area contributed by atoms with Crippen LogP contribution in [0.1, 0.15) is 31.7 Å². The Hall–Kier alpha value is -3.39. The van der Waals surface area contributed by atoms with Gasteiger partial charge in [0.25, 0.3) is 0 Å². The monoisotopic (exact) mass is 466 g/mol. The van der Waals surface area contributed by atoms with Crippen LogP contribution in [-0.4, -0.2) is 46.5 Å². The predicted molar refractivity (Wildman–Crippen MR) is 128 cm³/mol. The molecule has 0 aliphatic carbocycles. The second-order valence-corrected chi connectivity index (χ2v) is 8.43. The average Bonchev–Trinajstić information content (AvgIpc) is 3.46. The van der Waals surface area contributed by atoms with E-state index in [1.54, 1.807) is 28.8 Å². The van der Waals surface area contributed by atoms with Gasteiger partial charge in [0, 0.05) is 38.4 Å². The maximum atomic E-state index is 13.8. The van der Waals surface area contributed by atoms with Gasteiger partial charge in [-0.05, 0) is 31.4 Å². The summed E-state index contributed by atoms with van der Waals surface area (Å²) in [5, 5.41) is 7.70. The first-order chi connectivity index (χ1) is 16.5. The summed E-state index contributed by atoms with van der Waals surface area (Å²) in [6, 6.07) is 15.6. The third-order valence-corrected chi connectivity index (χ3v) is 5.76. The molecular weight excluding hydrogens is 435 g/mol. The highest BCUT2D eigenvalue weighted by molar-refractivity contribution is 5.75.